The van der Waals surface area contributed by atoms with Gasteiger partial charge in [-0.15, -0.1) is 11.3 Å². The molecular formula is C12H14BrN3S. The van der Waals surface area contributed by atoms with Crippen LogP contribution in [0, 0.1) is 13.8 Å². The zero-order valence-electron chi connectivity index (χ0n) is 9.70. The third kappa shape index (κ3) is 2.57. The van der Waals surface area contributed by atoms with E-state index >= 15 is 0 Å². The van der Waals surface area contributed by atoms with Gasteiger partial charge in [-0.1, -0.05) is 6.07 Å². The number of nitrogens with zero attached hydrogens (tertiary/aromatic N) is 1. The summed E-state index contributed by atoms with van der Waals surface area (Å²) in [6, 6.07) is 6.10. The summed E-state index contributed by atoms with van der Waals surface area (Å²) < 4.78 is 1.07. The number of halogens is 1. The van der Waals surface area contributed by atoms with Crippen LogP contribution in [0.2, 0.25) is 0 Å². The Morgan fingerprint density at radius 2 is 2.12 bits per heavy atom. The summed E-state index contributed by atoms with van der Waals surface area (Å²) in [6.45, 7) is 4.00. The van der Waals surface area contributed by atoms with E-state index in [1.807, 2.05) is 31.4 Å². The van der Waals surface area contributed by atoms with E-state index in [9.17, 15) is 0 Å². The number of aromatic nitrogens is 1. The molecule has 0 aromatic carbocycles. The second-order valence-corrected chi connectivity index (χ2v) is 5.66. The van der Waals surface area contributed by atoms with Crippen molar-refractivity contribution in [1.29, 1.82) is 0 Å². The summed E-state index contributed by atoms with van der Waals surface area (Å²) in [4.78, 5) is 5.64. The molecule has 17 heavy (non-hydrogen) atoms. The molecule has 0 spiro atoms. The van der Waals surface area contributed by atoms with E-state index in [-0.39, 0.29) is 6.04 Å². The summed E-state index contributed by atoms with van der Waals surface area (Å²) in [6.07, 6.45) is 0. The lowest BCUT2D eigenvalue weighted by Gasteiger charge is -2.17. The Kier molecular flexibility index (Phi) is 3.93. The van der Waals surface area contributed by atoms with E-state index < -0.39 is 0 Å². The minimum Gasteiger partial charge on any atom is -0.271 e. The van der Waals surface area contributed by atoms with Gasteiger partial charge in [0.15, 0.2) is 0 Å². The lowest BCUT2D eigenvalue weighted by atomic mass is 10.0. The predicted molar refractivity (Wildman–Crippen MR) is 74.9 cm³/mol. The molecule has 0 saturated carbocycles. The molecule has 2 rings (SSSR count). The van der Waals surface area contributed by atoms with E-state index in [4.69, 9.17) is 5.84 Å². The second-order valence-electron chi connectivity index (χ2n) is 3.86. The van der Waals surface area contributed by atoms with Crippen molar-refractivity contribution in [2.75, 3.05) is 0 Å². The fourth-order valence-corrected chi connectivity index (χ4v) is 3.50. The zero-order chi connectivity index (χ0) is 12.4. The average molecular weight is 312 g/mol. The molecule has 0 aliphatic carbocycles. The number of hydrazine groups is 1. The molecule has 3 nitrogen and oxygen atoms in total. The monoisotopic (exact) mass is 311 g/mol. The summed E-state index contributed by atoms with van der Waals surface area (Å²) in [7, 11) is 0. The molecule has 1 atom stereocenters. The molecule has 1 unspecified atom stereocenters. The number of nitrogens with two attached hydrogens (primary N) is 1. The number of pyridine rings is 1. The van der Waals surface area contributed by atoms with Crippen LogP contribution in [-0.4, -0.2) is 4.98 Å². The molecule has 0 saturated heterocycles. The summed E-state index contributed by atoms with van der Waals surface area (Å²) in [5, 5.41) is 2.04. The van der Waals surface area contributed by atoms with Crippen LogP contribution in [0.25, 0.3) is 0 Å². The number of aryl methyl sites for hydroxylation is 2. The van der Waals surface area contributed by atoms with Gasteiger partial charge in [-0.05, 0) is 52.9 Å². The zero-order valence-corrected chi connectivity index (χ0v) is 12.1. The number of hydrogen-bond acceptors (Lipinski definition) is 4. The van der Waals surface area contributed by atoms with E-state index in [2.05, 4.69) is 32.4 Å². The van der Waals surface area contributed by atoms with Gasteiger partial charge < -0.3 is 0 Å². The van der Waals surface area contributed by atoms with Crippen molar-refractivity contribution in [1.82, 2.24) is 10.4 Å². The van der Waals surface area contributed by atoms with Gasteiger partial charge in [0.1, 0.15) is 0 Å². The van der Waals surface area contributed by atoms with Gasteiger partial charge in [0.25, 0.3) is 0 Å². The standard InChI is InChI=1S/C12H14BrN3S/c1-7-3-4-9(8(2)15-7)11(16-14)12-10(13)5-6-17-12/h3-6,11,16H,14H2,1-2H3. The second kappa shape index (κ2) is 5.27. The fraction of sp³-hybridized carbons (Fsp3) is 0.250. The van der Waals surface area contributed by atoms with Crippen LogP contribution in [0.5, 0.6) is 0 Å². The van der Waals surface area contributed by atoms with Gasteiger partial charge in [-0.25, -0.2) is 5.43 Å². The molecule has 0 fully saturated rings. The van der Waals surface area contributed by atoms with Gasteiger partial charge in [-0.3, -0.25) is 10.8 Å². The predicted octanol–water partition coefficient (Wildman–Crippen LogP) is 3.08. The molecule has 2 aromatic rings. The number of rotatable bonds is 3. The van der Waals surface area contributed by atoms with Gasteiger partial charge in [0.2, 0.25) is 0 Å². The van der Waals surface area contributed by atoms with Gasteiger partial charge in [-0.2, -0.15) is 0 Å². The summed E-state index contributed by atoms with van der Waals surface area (Å²) in [5.41, 5.74) is 6.00. The van der Waals surface area contributed by atoms with Crippen molar-refractivity contribution >= 4 is 27.3 Å². The smallest absolute Gasteiger partial charge is 0.0831 e. The first-order valence-corrected chi connectivity index (χ1v) is 6.94. The molecule has 2 heterocycles. The summed E-state index contributed by atoms with van der Waals surface area (Å²) in [5.74, 6) is 5.68. The number of hydrogen-bond donors (Lipinski definition) is 2. The normalized spacial score (nSPS) is 12.7. The first-order chi connectivity index (χ1) is 8.13. The SMILES string of the molecule is Cc1ccc(C(NN)c2sccc2Br)c(C)n1. The fourth-order valence-electron chi connectivity index (χ4n) is 1.82. The highest BCUT2D eigenvalue weighted by atomic mass is 79.9. The molecule has 5 heteroatoms. The molecule has 0 bridgehead atoms. The minimum absolute atomic E-state index is 0.0162. The highest BCUT2D eigenvalue weighted by Crippen LogP contribution is 2.33. The van der Waals surface area contributed by atoms with Crippen LogP contribution in [0.15, 0.2) is 28.1 Å². The van der Waals surface area contributed by atoms with E-state index in [1.165, 1.54) is 4.88 Å². The maximum atomic E-state index is 5.68. The third-order valence-electron chi connectivity index (χ3n) is 2.65. The van der Waals surface area contributed by atoms with Crippen molar-refractivity contribution in [3.8, 4) is 0 Å². The molecule has 0 aliphatic heterocycles. The molecule has 3 N–H and O–H groups in total. The Morgan fingerprint density at radius 1 is 1.35 bits per heavy atom. The molecular weight excluding hydrogens is 298 g/mol. The third-order valence-corrected chi connectivity index (χ3v) is 4.59. The lowest BCUT2D eigenvalue weighted by molar-refractivity contribution is 0.637. The number of nitrogens with one attached hydrogen (secondary N) is 1. The molecule has 0 aliphatic rings. The first kappa shape index (κ1) is 12.7. The van der Waals surface area contributed by atoms with Crippen LogP contribution in [0.3, 0.4) is 0 Å². The Balaban J connectivity index is 2.46. The molecule has 0 radical (unpaired) electrons. The van der Waals surface area contributed by atoms with Crippen LogP contribution in [0.1, 0.15) is 27.9 Å². The topological polar surface area (TPSA) is 50.9 Å². The first-order valence-electron chi connectivity index (χ1n) is 5.26. The summed E-state index contributed by atoms with van der Waals surface area (Å²) >= 11 is 5.21. The van der Waals surface area contributed by atoms with Gasteiger partial charge in [0.05, 0.1) is 6.04 Å². The van der Waals surface area contributed by atoms with Crippen molar-refractivity contribution in [2.24, 2.45) is 5.84 Å². The molecule has 90 valence electrons. The Hall–Kier alpha value is -0.750. The molecule has 2 aromatic heterocycles. The van der Waals surface area contributed by atoms with Crippen molar-refractivity contribution in [2.45, 2.75) is 19.9 Å². The Morgan fingerprint density at radius 3 is 2.65 bits per heavy atom. The van der Waals surface area contributed by atoms with Crippen molar-refractivity contribution in [3.63, 3.8) is 0 Å². The van der Waals surface area contributed by atoms with Crippen molar-refractivity contribution in [3.05, 3.63) is 49.9 Å². The van der Waals surface area contributed by atoms with Crippen LogP contribution >= 0.6 is 27.3 Å². The highest BCUT2D eigenvalue weighted by Gasteiger charge is 2.19. The highest BCUT2D eigenvalue weighted by molar-refractivity contribution is 9.10. The van der Waals surface area contributed by atoms with Gasteiger partial charge in [0, 0.05) is 20.7 Å². The molecule has 0 amide bonds. The maximum Gasteiger partial charge on any atom is 0.0831 e. The van der Waals surface area contributed by atoms with Gasteiger partial charge >= 0.3 is 0 Å². The van der Waals surface area contributed by atoms with Crippen LogP contribution in [0.4, 0.5) is 0 Å². The Labute approximate surface area is 113 Å². The van der Waals surface area contributed by atoms with Crippen LogP contribution in [-0.2, 0) is 0 Å². The maximum absolute atomic E-state index is 5.68. The van der Waals surface area contributed by atoms with E-state index in [0.29, 0.717) is 0 Å². The van der Waals surface area contributed by atoms with E-state index in [0.717, 1.165) is 21.4 Å². The Bertz CT molecular complexity index is 524. The quantitative estimate of drug-likeness (QED) is 0.676. The largest absolute Gasteiger partial charge is 0.271 e. The van der Waals surface area contributed by atoms with E-state index in [1.54, 1.807) is 11.3 Å². The minimum atomic E-state index is -0.0162. The lowest BCUT2D eigenvalue weighted by Crippen LogP contribution is -2.29. The van der Waals surface area contributed by atoms with Crippen molar-refractivity contribution < 1.29 is 0 Å². The van der Waals surface area contributed by atoms with Crippen LogP contribution < -0.4 is 11.3 Å². The average Bonchev–Trinajstić information content (AvgIpc) is 2.69. The number of thiophene rings is 1.